The molecule has 58 valence electrons. The lowest BCUT2D eigenvalue weighted by molar-refractivity contribution is 0.413. The van der Waals surface area contributed by atoms with Crippen LogP contribution < -0.4 is 5.46 Å². The molecule has 3 N–H and O–H groups in total. The van der Waals surface area contributed by atoms with Crippen molar-refractivity contribution in [3.05, 3.63) is 18.2 Å². The van der Waals surface area contributed by atoms with E-state index in [1.165, 1.54) is 0 Å². The molecule has 0 amide bonds. The van der Waals surface area contributed by atoms with Gasteiger partial charge >= 0.3 is 7.12 Å². The molecule has 0 spiro atoms. The third-order valence-electron chi connectivity index (χ3n) is 1.14. The Kier molecular flexibility index (Phi) is 2.07. The molecule has 0 aliphatic carbocycles. The van der Waals surface area contributed by atoms with E-state index in [1.54, 1.807) is 0 Å². The maximum atomic E-state index is 12.2. The molecule has 1 heterocycles. The van der Waals surface area contributed by atoms with Crippen LogP contribution in [-0.4, -0.2) is 27.3 Å². The van der Waals surface area contributed by atoms with E-state index in [-0.39, 0.29) is 5.46 Å². The van der Waals surface area contributed by atoms with Crippen LogP contribution in [0.5, 0.6) is 5.75 Å². The van der Waals surface area contributed by atoms with Crippen LogP contribution in [0.2, 0.25) is 0 Å². The average Bonchev–Trinajstić information content (AvgIpc) is 1.94. The lowest BCUT2D eigenvalue weighted by Crippen LogP contribution is -2.30. The third-order valence-corrected chi connectivity index (χ3v) is 1.14. The van der Waals surface area contributed by atoms with Crippen LogP contribution in [0.25, 0.3) is 0 Å². The van der Waals surface area contributed by atoms with Crippen molar-refractivity contribution in [2.24, 2.45) is 0 Å². The summed E-state index contributed by atoms with van der Waals surface area (Å²) in [6, 6.07) is 0.896. The van der Waals surface area contributed by atoms with Crippen LogP contribution >= 0.6 is 0 Å². The molecule has 6 heteroatoms. The normalized spacial score (nSPS) is 9.73. The molecular weight excluding hydrogens is 152 g/mol. The fourth-order valence-electron chi connectivity index (χ4n) is 0.593. The Hall–Kier alpha value is -1.14. The van der Waals surface area contributed by atoms with Crippen LogP contribution in [0.1, 0.15) is 0 Å². The summed E-state index contributed by atoms with van der Waals surface area (Å²) in [6.45, 7) is 0. The average molecular weight is 157 g/mol. The van der Waals surface area contributed by atoms with Gasteiger partial charge in [0.05, 0.1) is 0 Å². The first-order valence-electron chi connectivity index (χ1n) is 2.82. The molecule has 1 aromatic heterocycles. The number of aromatic nitrogens is 1. The van der Waals surface area contributed by atoms with Crippen LogP contribution in [-0.2, 0) is 0 Å². The first-order valence-corrected chi connectivity index (χ1v) is 2.82. The Morgan fingerprint density at radius 3 is 2.55 bits per heavy atom. The van der Waals surface area contributed by atoms with Gasteiger partial charge in [0, 0.05) is 11.7 Å². The van der Waals surface area contributed by atoms with Gasteiger partial charge < -0.3 is 15.2 Å². The highest BCUT2D eigenvalue weighted by Gasteiger charge is 2.13. The predicted octanol–water partition coefficient (Wildman–Crippen LogP) is -1.39. The number of hydrogen-bond donors (Lipinski definition) is 3. The van der Waals surface area contributed by atoms with Gasteiger partial charge in [-0.25, -0.2) is 4.98 Å². The molecule has 0 atom stereocenters. The largest absolute Gasteiger partial charge is 0.504 e. The second-order valence-electron chi connectivity index (χ2n) is 1.95. The zero-order valence-electron chi connectivity index (χ0n) is 5.40. The van der Waals surface area contributed by atoms with Crippen molar-refractivity contribution in [1.82, 2.24) is 4.98 Å². The second-order valence-corrected chi connectivity index (χ2v) is 1.95. The first kappa shape index (κ1) is 7.97. The zero-order chi connectivity index (χ0) is 8.43. The highest BCUT2D eigenvalue weighted by molar-refractivity contribution is 6.58. The minimum atomic E-state index is -1.74. The number of rotatable bonds is 1. The molecule has 0 unspecified atom stereocenters. The van der Waals surface area contributed by atoms with Gasteiger partial charge in [-0.05, 0) is 6.07 Å². The SMILES string of the molecule is OB(O)c1cnc(F)c(O)c1. The minimum absolute atomic E-state index is 0.0519. The van der Waals surface area contributed by atoms with Crippen LogP contribution in [0, 0.1) is 5.95 Å². The molecular formula is C5H5BFNO3. The van der Waals surface area contributed by atoms with E-state index in [9.17, 15) is 4.39 Å². The summed E-state index contributed by atoms with van der Waals surface area (Å²) in [5, 5.41) is 25.7. The fraction of sp³-hybridized carbons (Fsp3) is 0. The Labute approximate surface area is 62.1 Å². The summed E-state index contributed by atoms with van der Waals surface area (Å²) >= 11 is 0. The highest BCUT2D eigenvalue weighted by atomic mass is 19.1. The first-order chi connectivity index (χ1) is 5.11. The molecule has 4 nitrogen and oxygen atoms in total. The second kappa shape index (κ2) is 2.85. The molecule has 1 rings (SSSR count). The summed E-state index contributed by atoms with van der Waals surface area (Å²) in [4.78, 5) is 3.06. The molecule has 0 radical (unpaired) electrons. The van der Waals surface area contributed by atoms with Gasteiger partial charge in [0.1, 0.15) is 0 Å². The molecule has 0 aromatic carbocycles. The monoisotopic (exact) mass is 157 g/mol. The standard InChI is InChI=1S/C5H5BFNO3/c7-5-4(9)1-3(2-8-5)6(10)11/h1-2,9-11H. The minimum Gasteiger partial charge on any atom is -0.504 e. The quantitative estimate of drug-likeness (QED) is 0.346. The van der Waals surface area contributed by atoms with E-state index in [0.29, 0.717) is 0 Å². The van der Waals surface area contributed by atoms with E-state index < -0.39 is 18.8 Å². The molecule has 0 aliphatic heterocycles. The molecule has 0 fully saturated rings. The number of hydrogen-bond acceptors (Lipinski definition) is 4. The third kappa shape index (κ3) is 1.66. The van der Waals surface area contributed by atoms with Crippen molar-refractivity contribution in [1.29, 1.82) is 0 Å². The van der Waals surface area contributed by atoms with Gasteiger partial charge in [-0.1, -0.05) is 0 Å². The summed E-state index contributed by atoms with van der Waals surface area (Å²) in [5.74, 6) is -1.73. The van der Waals surface area contributed by atoms with Gasteiger partial charge in [0.2, 0.25) is 0 Å². The maximum Gasteiger partial charge on any atom is 0.490 e. The van der Waals surface area contributed by atoms with Gasteiger partial charge in [-0.15, -0.1) is 0 Å². The van der Waals surface area contributed by atoms with Crippen LogP contribution in [0.3, 0.4) is 0 Å². The van der Waals surface area contributed by atoms with E-state index >= 15 is 0 Å². The zero-order valence-corrected chi connectivity index (χ0v) is 5.40. The van der Waals surface area contributed by atoms with Gasteiger partial charge in [0.25, 0.3) is 5.95 Å². The van der Waals surface area contributed by atoms with Crippen molar-refractivity contribution in [3.8, 4) is 5.75 Å². The lowest BCUT2D eigenvalue weighted by atomic mass is 9.82. The number of halogens is 1. The Morgan fingerprint density at radius 1 is 1.45 bits per heavy atom. The summed E-state index contributed by atoms with van der Waals surface area (Å²) in [6.07, 6.45) is 0.930. The molecule has 0 aliphatic rings. The van der Waals surface area contributed by atoms with Crippen molar-refractivity contribution < 1.29 is 19.5 Å². The van der Waals surface area contributed by atoms with Gasteiger partial charge in [-0.3, -0.25) is 0 Å². The predicted molar refractivity (Wildman–Crippen MR) is 35.7 cm³/mol. The van der Waals surface area contributed by atoms with E-state index in [1.807, 2.05) is 0 Å². The summed E-state index contributed by atoms with van der Waals surface area (Å²) in [5.41, 5.74) is -0.0519. The maximum absolute atomic E-state index is 12.2. The summed E-state index contributed by atoms with van der Waals surface area (Å²) < 4.78 is 12.2. The molecule has 11 heavy (non-hydrogen) atoms. The topological polar surface area (TPSA) is 73.6 Å². The number of aromatic hydroxyl groups is 1. The van der Waals surface area contributed by atoms with Gasteiger partial charge in [0.15, 0.2) is 5.75 Å². The molecule has 0 saturated carbocycles. The van der Waals surface area contributed by atoms with Crippen LogP contribution in [0.4, 0.5) is 4.39 Å². The summed E-state index contributed by atoms with van der Waals surface area (Å²) in [7, 11) is -1.74. The fourth-order valence-corrected chi connectivity index (χ4v) is 0.593. The molecule has 0 saturated heterocycles. The molecule has 0 bridgehead atoms. The van der Waals surface area contributed by atoms with Crippen molar-refractivity contribution in [2.75, 3.05) is 0 Å². The van der Waals surface area contributed by atoms with E-state index in [4.69, 9.17) is 15.2 Å². The number of nitrogens with zero attached hydrogens (tertiary/aromatic N) is 1. The van der Waals surface area contributed by atoms with E-state index in [2.05, 4.69) is 4.98 Å². The van der Waals surface area contributed by atoms with Gasteiger partial charge in [-0.2, -0.15) is 4.39 Å². The molecule has 1 aromatic rings. The van der Waals surface area contributed by atoms with Crippen molar-refractivity contribution >= 4 is 12.6 Å². The van der Waals surface area contributed by atoms with Crippen LogP contribution in [0.15, 0.2) is 12.3 Å². The lowest BCUT2D eigenvalue weighted by Gasteiger charge is -1.98. The number of pyridine rings is 1. The Balaban J connectivity index is 3.05. The smallest absolute Gasteiger partial charge is 0.490 e. The van der Waals surface area contributed by atoms with E-state index in [0.717, 1.165) is 12.3 Å². The van der Waals surface area contributed by atoms with Crippen molar-refractivity contribution in [2.45, 2.75) is 0 Å². The van der Waals surface area contributed by atoms with Crippen molar-refractivity contribution in [3.63, 3.8) is 0 Å². The Morgan fingerprint density at radius 2 is 2.09 bits per heavy atom. The Bertz CT molecular complexity index is 268. The highest BCUT2D eigenvalue weighted by Crippen LogP contribution is 2.07.